The zero-order valence-electron chi connectivity index (χ0n) is 9.93. The van der Waals surface area contributed by atoms with Gasteiger partial charge in [-0.2, -0.15) is 0 Å². The maximum Gasteiger partial charge on any atom is 0.337 e. The number of anilines is 1. The Hall–Kier alpha value is -0.800. The van der Waals surface area contributed by atoms with E-state index in [9.17, 15) is 13.2 Å². The molecule has 0 spiro atoms. The number of sulfonamides is 1. The molecule has 0 bridgehead atoms. The molecule has 2 rings (SSSR count). The third-order valence-electron chi connectivity index (χ3n) is 2.35. The van der Waals surface area contributed by atoms with Crippen molar-refractivity contribution < 1.29 is 18.3 Å². The molecule has 21 heavy (non-hydrogen) atoms. The lowest BCUT2D eigenvalue weighted by Gasteiger charge is -2.12. The molecular formula is C11H6BrCl2NO4S2. The molecule has 0 saturated carbocycles. The number of halogens is 3. The van der Waals surface area contributed by atoms with Gasteiger partial charge in [-0.1, -0.05) is 23.2 Å². The molecule has 0 aliphatic heterocycles. The van der Waals surface area contributed by atoms with Crippen LogP contribution in [0.3, 0.4) is 0 Å². The number of carboxylic acids is 1. The smallest absolute Gasteiger partial charge is 0.337 e. The van der Waals surface area contributed by atoms with Gasteiger partial charge in [0.25, 0.3) is 10.0 Å². The van der Waals surface area contributed by atoms with Gasteiger partial charge in [0.2, 0.25) is 0 Å². The largest absolute Gasteiger partial charge is 0.478 e. The number of carbonyl (C=O) groups is 1. The number of hydrogen-bond acceptors (Lipinski definition) is 4. The molecule has 2 N–H and O–H groups in total. The van der Waals surface area contributed by atoms with Crippen LogP contribution in [-0.2, 0) is 10.0 Å². The minimum Gasteiger partial charge on any atom is -0.478 e. The van der Waals surface area contributed by atoms with Crippen LogP contribution in [0, 0.1) is 0 Å². The highest BCUT2D eigenvalue weighted by atomic mass is 79.9. The molecular weight excluding hydrogens is 425 g/mol. The van der Waals surface area contributed by atoms with Gasteiger partial charge in [-0.25, -0.2) is 13.2 Å². The van der Waals surface area contributed by atoms with Gasteiger partial charge >= 0.3 is 5.97 Å². The van der Waals surface area contributed by atoms with Gasteiger partial charge in [0.05, 0.1) is 16.3 Å². The minimum atomic E-state index is -3.96. The average Bonchev–Trinajstić information content (AvgIpc) is 2.79. The summed E-state index contributed by atoms with van der Waals surface area (Å²) in [5, 5.41) is 10.7. The summed E-state index contributed by atoms with van der Waals surface area (Å²) in [6.07, 6.45) is 0. The standard InChI is InChI=1S/C11H6BrCl2NO4S2/c12-7-1-2-20-11(7)21(18,19)15-9-6(10(16)17)3-5(13)4-8(9)14/h1-4,15H,(H,16,17). The molecule has 2 aromatic rings. The fraction of sp³-hybridized carbons (Fsp3) is 0. The maximum absolute atomic E-state index is 12.3. The van der Waals surface area contributed by atoms with Crippen LogP contribution in [0.1, 0.15) is 10.4 Å². The van der Waals surface area contributed by atoms with Crippen molar-refractivity contribution in [2.45, 2.75) is 4.21 Å². The molecule has 0 aliphatic carbocycles. The summed E-state index contributed by atoms with van der Waals surface area (Å²) in [7, 11) is -3.96. The van der Waals surface area contributed by atoms with E-state index in [-0.39, 0.29) is 25.5 Å². The SMILES string of the molecule is O=C(O)c1cc(Cl)cc(Cl)c1NS(=O)(=O)c1sccc1Br. The lowest BCUT2D eigenvalue weighted by atomic mass is 10.2. The van der Waals surface area contributed by atoms with Crippen LogP contribution in [-0.4, -0.2) is 19.5 Å². The number of rotatable bonds is 4. The van der Waals surface area contributed by atoms with Crippen LogP contribution < -0.4 is 4.72 Å². The van der Waals surface area contributed by atoms with Crippen LogP contribution in [0.25, 0.3) is 0 Å². The van der Waals surface area contributed by atoms with Crippen molar-refractivity contribution in [3.63, 3.8) is 0 Å². The number of aromatic carboxylic acids is 1. The van der Waals surface area contributed by atoms with E-state index < -0.39 is 16.0 Å². The first kappa shape index (κ1) is 16.6. The molecule has 1 heterocycles. The predicted octanol–water partition coefficient (Wildman–Crippen LogP) is 4.32. The third kappa shape index (κ3) is 3.51. The number of thiophene rings is 1. The quantitative estimate of drug-likeness (QED) is 0.756. The second-order valence-corrected chi connectivity index (χ2v) is 8.27. The van der Waals surface area contributed by atoms with Gasteiger partial charge in [0.15, 0.2) is 4.21 Å². The first-order chi connectivity index (χ1) is 9.72. The van der Waals surface area contributed by atoms with Crippen molar-refractivity contribution in [2.75, 3.05) is 4.72 Å². The third-order valence-corrected chi connectivity index (χ3v) is 6.89. The van der Waals surface area contributed by atoms with Gasteiger partial charge in [-0.3, -0.25) is 4.72 Å². The summed E-state index contributed by atoms with van der Waals surface area (Å²) in [6.45, 7) is 0. The molecule has 0 fully saturated rings. The van der Waals surface area contributed by atoms with Gasteiger partial charge < -0.3 is 5.11 Å². The van der Waals surface area contributed by atoms with Crippen LogP contribution in [0.2, 0.25) is 10.0 Å². The maximum atomic E-state index is 12.3. The molecule has 112 valence electrons. The zero-order valence-corrected chi connectivity index (χ0v) is 14.7. The summed E-state index contributed by atoms with van der Waals surface area (Å²) in [5.74, 6) is -1.35. The summed E-state index contributed by atoms with van der Waals surface area (Å²) in [4.78, 5) is 11.2. The monoisotopic (exact) mass is 429 g/mol. The Bertz CT molecular complexity index is 820. The molecule has 0 amide bonds. The average molecular weight is 431 g/mol. The molecule has 1 aromatic carbocycles. The summed E-state index contributed by atoms with van der Waals surface area (Å²) < 4.78 is 27.1. The van der Waals surface area contributed by atoms with Gasteiger partial charge in [0.1, 0.15) is 0 Å². The van der Waals surface area contributed by atoms with Crippen molar-refractivity contribution in [2.24, 2.45) is 0 Å². The normalized spacial score (nSPS) is 11.4. The van der Waals surface area contributed by atoms with Crippen LogP contribution in [0.5, 0.6) is 0 Å². The van der Waals surface area contributed by atoms with Crippen LogP contribution in [0.15, 0.2) is 32.3 Å². The van der Waals surface area contributed by atoms with E-state index in [1.807, 2.05) is 0 Å². The van der Waals surface area contributed by atoms with E-state index in [0.717, 1.165) is 17.4 Å². The number of nitrogens with one attached hydrogen (secondary N) is 1. The van der Waals surface area contributed by atoms with Gasteiger partial charge in [0, 0.05) is 9.50 Å². The van der Waals surface area contributed by atoms with Gasteiger partial charge in [-0.15, -0.1) is 11.3 Å². The van der Waals surface area contributed by atoms with E-state index in [1.54, 1.807) is 11.4 Å². The van der Waals surface area contributed by atoms with Crippen molar-refractivity contribution in [3.05, 3.63) is 43.7 Å². The molecule has 0 aliphatic rings. The Balaban J connectivity index is 2.54. The predicted molar refractivity (Wildman–Crippen MR) is 86.2 cm³/mol. The first-order valence-electron chi connectivity index (χ1n) is 5.20. The zero-order chi connectivity index (χ0) is 15.8. The highest BCUT2D eigenvalue weighted by Crippen LogP contribution is 2.34. The van der Waals surface area contributed by atoms with Crippen molar-refractivity contribution in [1.82, 2.24) is 0 Å². The molecule has 0 saturated heterocycles. The highest BCUT2D eigenvalue weighted by molar-refractivity contribution is 9.10. The molecule has 1 aromatic heterocycles. The van der Waals surface area contributed by atoms with E-state index in [2.05, 4.69) is 20.7 Å². The number of hydrogen-bond donors (Lipinski definition) is 2. The second kappa shape index (κ2) is 6.13. The van der Waals surface area contributed by atoms with Crippen molar-refractivity contribution in [3.8, 4) is 0 Å². The van der Waals surface area contributed by atoms with Gasteiger partial charge in [-0.05, 0) is 39.5 Å². The fourth-order valence-corrected chi connectivity index (χ4v) is 5.53. The Morgan fingerprint density at radius 3 is 2.52 bits per heavy atom. The minimum absolute atomic E-state index is 0.0184. The second-order valence-electron chi connectivity index (χ2n) is 3.78. The first-order valence-corrected chi connectivity index (χ1v) is 9.11. The Morgan fingerprint density at radius 2 is 2.00 bits per heavy atom. The number of benzene rings is 1. The summed E-state index contributed by atoms with van der Waals surface area (Å²) in [6, 6.07) is 3.95. The Morgan fingerprint density at radius 1 is 1.33 bits per heavy atom. The lowest BCUT2D eigenvalue weighted by Crippen LogP contribution is -2.15. The molecule has 10 heteroatoms. The number of carboxylic acid groups (broad SMARTS) is 1. The molecule has 0 radical (unpaired) electrons. The lowest BCUT2D eigenvalue weighted by molar-refractivity contribution is 0.0698. The molecule has 0 atom stereocenters. The van der Waals surface area contributed by atoms with E-state index in [4.69, 9.17) is 28.3 Å². The molecule has 0 unspecified atom stereocenters. The molecule has 5 nitrogen and oxygen atoms in total. The van der Waals surface area contributed by atoms with E-state index in [0.29, 0.717) is 4.47 Å². The van der Waals surface area contributed by atoms with Crippen LogP contribution >= 0.6 is 50.5 Å². The summed E-state index contributed by atoms with van der Waals surface area (Å²) in [5.41, 5.74) is -0.558. The highest BCUT2D eigenvalue weighted by Gasteiger charge is 2.24. The van der Waals surface area contributed by atoms with E-state index >= 15 is 0 Å². The topological polar surface area (TPSA) is 83.5 Å². The summed E-state index contributed by atoms with van der Waals surface area (Å²) >= 11 is 15.7. The Labute approximate surface area is 142 Å². The van der Waals surface area contributed by atoms with E-state index in [1.165, 1.54) is 6.07 Å². The fourth-order valence-electron chi connectivity index (χ4n) is 1.50. The van der Waals surface area contributed by atoms with Crippen molar-refractivity contribution >= 4 is 72.1 Å². The van der Waals surface area contributed by atoms with Crippen molar-refractivity contribution in [1.29, 1.82) is 0 Å². The van der Waals surface area contributed by atoms with Crippen LogP contribution in [0.4, 0.5) is 5.69 Å². The Kier molecular flexibility index (Phi) is 4.84.